The Labute approximate surface area is 160 Å². The smallest absolute Gasteiger partial charge is 0.405 e. The van der Waals surface area contributed by atoms with E-state index in [1.54, 1.807) is 29.2 Å². The molecule has 2 aromatic rings. The quantitative estimate of drug-likeness (QED) is 0.595. The lowest BCUT2D eigenvalue weighted by molar-refractivity contribution is -0.132. The number of hydrogen-bond donors (Lipinski definition) is 4. The van der Waals surface area contributed by atoms with E-state index in [0.717, 1.165) is 0 Å². The van der Waals surface area contributed by atoms with Gasteiger partial charge in [-0.1, -0.05) is 23.7 Å². The monoisotopic (exact) mass is 393 g/mol. The molecule has 1 atom stereocenters. The van der Waals surface area contributed by atoms with Gasteiger partial charge in [-0.2, -0.15) is 4.98 Å². The first-order chi connectivity index (χ1) is 12.9. The summed E-state index contributed by atoms with van der Waals surface area (Å²) in [5, 5.41) is 18.6. The number of rotatable bonds is 5. The maximum absolute atomic E-state index is 12.7. The summed E-state index contributed by atoms with van der Waals surface area (Å²) >= 11 is 5.88. The number of carboxylic acid groups (broad SMARTS) is 1. The minimum absolute atomic E-state index is 0.0293. The van der Waals surface area contributed by atoms with Gasteiger partial charge in [-0.15, -0.1) is 5.10 Å². The van der Waals surface area contributed by atoms with Crippen molar-refractivity contribution in [2.75, 3.05) is 36.8 Å². The maximum Gasteiger partial charge on any atom is 0.405 e. The molecule has 5 N–H and O–H groups in total. The number of nitrogens with two attached hydrogens (primary N) is 1. The SMILES string of the molecule is Nc1nc(N2CCN(C(=O)CC(NC(=O)O)c3ccc(Cl)cc3)CC2)n[nH]1. The van der Waals surface area contributed by atoms with Crippen LogP contribution in [0.2, 0.25) is 5.02 Å². The summed E-state index contributed by atoms with van der Waals surface area (Å²) in [5.41, 5.74) is 6.22. The summed E-state index contributed by atoms with van der Waals surface area (Å²) in [7, 11) is 0. The van der Waals surface area contributed by atoms with Crippen molar-refractivity contribution in [1.82, 2.24) is 25.4 Å². The Morgan fingerprint density at radius 1 is 1.26 bits per heavy atom. The fourth-order valence-corrected chi connectivity index (χ4v) is 3.09. The van der Waals surface area contributed by atoms with Gasteiger partial charge in [-0.3, -0.25) is 4.79 Å². The van der Waals surface area contributed by atoms with Crippen LogP contribution in [0.5, 0.6) is 0 Å². The largest absolute Gasteiger partial charge is 0.465 e. The van der Waals surface area contributed by atoms with Gasteiger partial charge in [0.05, 0.1) is 12.5 Å². The van der Waals surface area contributed by atoms with Crippen LogP contribution in [0.25, 0.3) is 0 Å². The lowest BCUT2D eigenvalue weighted by Crippen LogP contribution is -2.49. The Kier molecular flexibility index (Phi) is 5.65. The van der Waals surface area contributed by atoms with E-state index in [2.05, 4.69) is 20.5 Å². The van der Waals surface area contributed by atoms with Crippen LogP contribution in [0.15, 0.2) is 24.3 Å². The first kappa shape index (κ1) is 18.8. The predicted molar refractivity (Wildman–Crippen MR) is 99.6 cm³/mol. The number of carbonyl (C=O) groups excluding carboxylic acids is 1. The highest BCUT2D eigenvalue weighted by atomic mass is 35.5. The summed E-state index contributed by atoms with van der Waals surface area (Å²) in [6, 6.07) is 6.11. The molecule has 11 heteroatoms. The number of aromatic amines is 1. The Bertz CT molecular complexity index is 803. The number of anilines is 2. The number of nitrogens with zero attached hydrogens (tertiary/aromatic N) is 4. The summed E-state index contributed by atoms with van der Waals surface area (Å²) in [4.78, 5) is 31.5. The van der Waals surface area contributed by atoms with Gasteiger partial charge in [0.15, 0.2) is 0 Å². The van der Waals surface area contributed by atoms with Crippen molar-refractivity contribution in [3.63, 3.8) is 0 Å². The highest BCUT2D eigenvalue weighted by Gasteiger charge is 2.26. The minimum atomic E-state index is -1.19. The van der Waals surface area contributed by atoms with Gasteiger partial charge in [0.1, 0.15) is 0 Å². The molecule has 0 bridgehead atoms. The zero-order chi connectivity index (χ0) is 19.4. The van der Waals surface area contributed by atoms with Crippen LogP contribution >= 0.6 is 11.6 Å². The van der Waals surface area contributed by atoms with E-state index in [-0.39, 0.29) is 18.3 Å². The number of benzene rings is 1. The fraction of sp³-hybridized carbons (Fsp3) is 0.375. The standard InChI is InChI=1S/C16H20ClN7O3/c17-11-3-1-10(2-4-11)12(19-16(26)27)9-13(25)23-5-7-24(8-6-23)15-20-14(18)21-22-15/h1-4,12,19H,5-9H2,(H,26,27)(H3,18,20,21,22). The molecule has 2 heterocycles. The zero-order valence-electron chi connectivity index (χ0n) is 14.4. The topological polar surface area (TPSA) is 140 Å². The third-order valence-corrected chi connectivity index (χ3v) is 4.61. The molecule has 3 rings (SSSR count). The maximum atomic E-state index is 12.7. The summed E-state index contributed by atoms with van der Waals surface area (Å²) in [6.07, 6.45) is -1.16. The summed E-state index contributed by atoms with van der Waals surface area (Å²) < 4.78 is 0. The van der Waals surface area contributed by atoms with E-state index >= 15 is 0 Å². The molecule has 1 aliphatic heterocycles. The Morgan fingerprint density at radius 2 is 1.93 bits per heavy atom. The van der Waals surface area contributed by atoms with E-state index in [9.17, 15) is 9.59 Å². The molecule has 0 saturated carbocycles. The second-order valence-electron chi connectivity index (χ2n) is 6.15. The highest BCUT2D eigenvalue weighted by Crippen LogP contribution is 2.21. The number of H-pyrrole nitrogens is 1. The Balaban J connectivity index is 1.60. The molecule has 0 aliphatic carbocycles. The van der Waals surface area contributed by atoms with Crippen molar-refractivity contribution in [1.29, 1.82) is 0 Å². The van der Waals surface area contributed by atoms with Gasteiger partial charge >= 0.3 is 6.09 Å². The molecular formula is C16H20ClN7O3. The lowest BCUT2D eigenvalue weighted by atomic mass is 10.0. The molecule has 1 fully saturated rings. The number of hydrogen-bond acceptors (Lipinski definition) is 6. The average Bonchev–Trinajstić information content (AvgIpc) is 3.08. The second kappa shape index (κ2) is 8.12. The molecule has 1 unspecified atom stereocenters. The number of piperazine rings is 1. The summed E-state index contributed by atoms with van der Waals surface area (Å²) in [5.74, 6) is 0.623. The van der Waals surface area contributed by atoms with Crippen molar-refractivity contribution >= 4 is 35.5 Å². The molecular weight excluding hydrogens is 374 g/mol. The number of aromatic nitrogens is 3. The van der Waals surface area contributed by atoms with Crippen molar-refractivity contribution in [3.8, 4) is 0 Å². The highest BCUT2D eigenvalue weighted by molar-refractivity contribution is 6.30. The van der Waals surface area contributed by atoms with E-state index in [0.29, 0.717) is 42.7 Å². The molecule has 2 amide bonds. The van der Waals surface area contributed by atoms with Gasteiger partial charge in [0.2, 0.25) is 17.8 Å². The second-order valence-corrected chi connectivity index (χ2v) is 6.58. The third-order valence-electron chi connectivity index (χ3n) is 4.35. The minimum Gasteiger partial charge on any atom is -0.465 e. The molecule has 0 spiro atoms. The van der Waals surface area contributed by atoms with Crippen molar-refractivity contribution in [2.24, 2.45) is 0 Å². The number of nitrogen functional groups attached to an aromatic ring is 1. The molecule has 1 aliphatic rings. The van der Waals surface area contributed by atoms with Crippen LogP contribution < -0.4 is 16.0 Å². The average molecular weight is 394 g/mol. The summed E-state index contributed by atoms with van der Waals surface area (Å²) in [6.45, 7) is 2.13. The molecule has 1 saturated heterocycles. The molecule has 1 aromatic heterocycles. The number of halogens is 1. The van der Waals surface area contributed by atoms with Gasteiger partial charge in [0.25, 0.3) is 0 Å². The van der Waals surface area contributed by atoms with Crippen LogP contribution in [0, 0.1) is 0 Å². The Morgan fingerprint density at radius 3 is 2.48 bits per heavy atom. The predicted octanol–water partition coefficient (Wildman–Crippen LogP) is 1.09. The van der Waals surface area contributed by atoms with Crippen molar-refractivity contribution in [2.45, 2.75) is 12.5 Å². The van der Waals surface area contributed by atoms with E-state index < -0.39 is 12.1 Å². The van der Waals surface area contributed by atoms with Crippen LogP contribution in [0.4, 0.5) is 16.7 Å². The van der Waals surface area contributed by atoms with Gasteiger partial charge < -0.3 is 26.0 Å². The zero-order valence-corrected chi connectivity index (χ0v) is 15.2. The number of carbonyl (C=O) groups is 2. The first-order valence-corrected chi connectivity index (χ1v) is 8.75. The third kappa shape index (κ3) is 4.79. The van der Waals surface area contributed by atoms with Gasteiger partial charge in [0, 0.05) is 31.2 Å². The van der Waals surface area contributed by atoms with Gasteiger partial charge in [-0.05, 0) is 17.7 Å². The first-order valence-electron chi connectivity index (χ1n) is 8.38. The Hall–Kier alpha value is -3.01. The molecule has 1 aromatic carbocycles. The number of nitrogens with one attached hydrogen (secondary N) is 2. The van der Waals surface area contributed by atoms with Crippen LogP contribution in [-0.2, 0) is 4.79 Å². The molecule has 10 nitrogen and oxygen atoms in total. The molecule has 27 heavy (non-hydrogen) atoms. The van der Waals surface area contributed by atoms with Gasteiger partial charge in [-0.25, -0.2) is 9.89 Å². The van der Waals surface area contributed by atoms with Crippen LogP contribution in [0.3, 0.4) is 0 Å². The van der Waals surface area contributed by atoms with Crippen LogP contribution in [0.1, 0.15) is 18.0 Å². The van der Waals surface area contributed by atoms with Crippen molar-refractivity contribution < 1.29 is 14.7 Å². The lowest BCUT2D eigenvalue weighted by Gasteiger charge is -2.34. The number of amides is 2. The van der Waals surface area contributed by atoms with E-state index in [1.807, 2.05) is 4.90 Å². The molecule has 144 valence electrons. The fourth-order valence-electron chi connectivity index (χ4n) is 2.96. The van der Waals surface area contributed by atoms with E-state index in [4.69, 9.17) is 22.4 Å². The van der Waals surface area contributed by atoms with E-state index in [1.165, 1.54) is 0 Å². The normalized spacial score (nSPS) is 15.4. The molecule has 0 radical (unpaired) electrons. The van der Waals surface area contributed by atoms with Crippen LogP contribution in [-0.4, -0.2) is 63.4 Å². The van der Waals surface area contributed by atoms with Crippen molar-refractivity contribution in [3.05, 3.63) is 34.9 Å².